The molecule has 0 fully saturated rings. The van der Waals surface area contributed by atoms with Crippen LogP contribution in [-0.2, 0) is 16.1 Å². The third-order valence-electron chi connectivity index (χ3n) is 3.80. The highest BCUT2D eigenvalue weighted by atomic mass is 123. The van der Waals surface area contributed by atoms with Crippen LogP contribution in [0.15, 0.2) is 24.3 Å². The summed E-state index contributed by atoms with van der Waals surface area (Å²) < 4.78 is 1.19. The minimum Gasteiger partial charge on any atom is -0.481 e. The van der Waals surface area contributed by atoms with Crippen molar-refractivity contribution in [2.45, 2.75) is 44.7 Å². The van der Waals surface area contributed by atoms with Gasteiger partial charge in [-0.25, -0.2) is 9.59 Å². The number of nitrogens with one attached hydrogen (secondary N) is 3. The molecule has 9 heteroatoms. The van der Waals surface area contributed by atoms with Gasteiger partial charge in [-0.1, -0.05) is 12.1 Å². The van der Waals surface area contributed by atoms with Crippen LogP contribution < -0.4 is 16.0 Å². The second kappa shape index (κ2) is 13.3. The number of hydrogen-bond acceptors (Lipinski definition) is 4. The molecule has 0 aliphatic carbocycles. The maximum Gasteiger partial charge on any atom is 0.326 e. The number of urea groups is 1. The molecule has 1 atom stereocenters. The Morgan fingerprint density at radius 3 is 2.33 bits per heavy atom. The number of aliphatic carboxylic acids is 2. The van der Waals surface area contributed by atoms with Gasteiger partial charge in [-0.3, -0.25) is 4.79 Å². The molecule has 1 aromatic carbocycles. The highest BCUT2D eigenvalue weighted by Gasteiger charge is 2.19. The maximum atomic E-state index is 11.7. The first-order valence-corrected chi connectivity index (χ1v) is 9.90. The van der Waals surface area contributed by atoms with Crippen LogP contribution in [0.5, 0.6) is 0 Å². The van der Waals surface area contributed by atoms with Crippen LogP contribution in [0.4, 0.5) is 4.79 Å². The lowest BCUT2D eigenvalue weighted by molar-refractivity contribution is -0.139. The molecule has 0 saturated heterocycles. The summed E-state index contributed by atoms with van der Waals surface area (Å²) in [6.45, 7) is 1.71. The predicted octanol–water partition coefficient (Wildman–Crippen LogP) is 2.17. The number of carbonyl (C=O) groups is 3. The molecule has 0 spiro atoms. The Kier molecular flexibility index (Phi) is 11.4. The van der Waals surface area contributed by atoms with Crippen molar-refractivity contribution in [3.05, 3.63) is 33.4 Å². The Balaban J connectivity index is 2.16. The quantitative estimate of drug-likeness (QED) is 0.214. The van der Waals surface area contributed by atoms with Gasteiger partial charge in [0.05, 0.1) is 0 Å². The van der Waals surface area contributed by atoms with Crippen molar-refractivity contribution in [3.8, 4) is 0 Å². The van der Waals surface area contributed by atoms with E-state index < -0.39 is 24.0 Å². The van der Waals surface area contributed by atoms with Gasteiger partial charge in [0.1, 0.15) is 6.04 Å². The van der Waals surface area contributed by atoms with Crippen molar-refractivity contribution in [1.82, 2.24) is 16.0 Å². The first-order chi connectivity index (χ1) is 12.9. The number of carbonyl (C=O) groups excluding carboxylic acids is 1. The fourth-order valence-electron chi connectivity index (χ4n) is 2.34. The van der Waals surface area contributed by atoms with Gasteiger partial charge in [-0.15, -0.1) is 0 Å². The zero-order chi connectivity index (χ0) is 20.1. The van der Waals surface area contributed by atoms with Crippen molar-refractivity contribution < 1.29 is 24.6 Å². The largest absolute Gasteiger partial charge is 0.481 e. The molecule has 0 aliphatic rings. The zero-order valence-corrected chi connectivity index (χ0v) is 17.2. The third-order valence-corrected chi connectivity index (χ3v) is 4.51. The van der Waals surface area contributed by atoms with Crippen LogP contribution in [0.2, 0.25) is 0 Å². The van der Waals surface area contributed by atoms with E-state index >= 15 is 0 Å². The van der Waals surface area contributed by atoms with Gasteiger partial charge in [-0.05, 0) is 72.5 Å². The number of carboxylic acids is 2. The minimum atomic E-state index is -1.08. The maximum absolute atomic E-state index is 11.7. The van der Waals surface area contributed by atoms with E-state index in [1.54, 1.807) is 0 Å². The molecule has 0 unspecified atom stereocenters. The molecule has 1 aromatic rings. The molecule has 1 rings (SSSR count). The average Bonchev–Trinajstić information content (AvgIpc) is 2.61. The summed E-state index contributed by atoms with van der Waals surface area (Å²) in [6.07, 6.45) is 2.06. The van der Waals surface area contributed by atoms with E-state index in [1.807, 2.05) is 12.1 Å². The van der Waals surface area contributed by atoms with Crippen LogP contribution in [-0.4, -0.2) is 47.3 Å². The van der Waals surface area contributed by atoms with Crippen molar-refractivity contribution in [2.75, 3.05) is 13.1 Å². The van der Waals surface area contributed by atoms with Crippen LogP contribution in [0.1, 0.15) is 37.7 Å². The Bertz CT molecular complexity index is 610. The summed E-state index contributed by atoms with van der Waals surface area (Å²) >= 11 is 2.26. The van der Waals surface area contributed by atoms with Crippen LogP contribution in [0.25, 0.3) is 0 Å². The predicted molar refractivity (Wildman–Crippen MR) is 110 cm³/mol. The number of hydrogen-bond donors (Lipinski definition) is 5. The zero-order valence-electron chi connectivity index (χ0n) is 15.0. The average molecular weight is 487 g/mol. The highest BCUT2D eigenvalue weighted by Crippen LogP contribution is 2.06. The smallest absolute Gasteiger partial charge is 0.326 e. The van der Waals surface area contributed by atoms with Gasteiger partial charge in [0, 0.05) is 23.1 Å². The van der Waals surface area contributed by atoms with Crippen LogP contribution in [0, 0.1) is 3.57 Å². The van der Waals surface area contributed by atoms with E-state index in [0.717, 1.165) is 19.5 Å². The molecule has 0 saturated carbocycles. The summed E-state index contributed by atoms with van der Waals surface area (Å²) in [4.78, 5) is 33.3. The molecule has 0 radical (unpaired) electrons. The molecule has 2 amide bonds. The van der Waals surface area contributed by atoms with E-state index in [9.17, 15) is 19.5 Å². The molecule has 0 bridgehead atoms. The number of rotatable bonds is 13. The lowest BCUT2D eigenvalue weighted by Gasteiger charge is -2.15. The summed E-state index contributed by atoms with van der Waals surface area (Å²) in [7, 11) is 0. The monoisotopic (exact) mass is 487 g/mol. The van der Waals surface area contributed by atoms with Gasteiger partial charge in [0.2, 0.25) is 0 Å². The SMILES string of the molecule is O=C(O)CCCNC(=O)N[C@@H](CCCCNCc1ccc([123I])cc1)C(=O)O. The van der Waals surface area contributed by atoms with E-state index in [4.69, 9.17) is 5.11 Å². The van der Waals surface area contributed by atoms with Crippen molar-refractivity contribution in [1.29, 1.82) is 0 Å². The minimum absolute atomic E-state index is 0.0438. The van der Waals surface area contributed by atoms with Crippen LogP contribution in [0.3, 0.4) is 0 Å². The molecule has 5 N–H and O–H groups in total. The van der Waals surface area contributed by atoms with Crippen LogP contribution >= 0.6 is 22.6 Å². The Labute approximate surface area is 172 Å². The number of benzene rings is 1. The number of amides is 2. The molecule has 150 valence electrons. The van der Waals surface area contributed by atoms with Crippen molar-refractivity contribution in [3.63, 3.8) is 0 Å². The molecule has 0 aromatic heterocycles. The Morgan fingerprint density at radius 1 is 1.00 bits per heavy atom. The fourth-order valence-corrected chi connectivity index (χ4v) is 2.70. The Morgan fingerprint density at radius 2 is 1.70 bits per heavy atom. The van der Waals surface area contributed by atoms with Gasteiger partial charge in [-0.2, -0.15) is 0 Å². The Hall–Kier alpha value is -1.88. The first-order valence-electron chi connectivity index (χ1n) is 8.82. The molecule has 0 heterocycles. The highest BCUT2D eigenvalue weighted by molar-refractivity contribution is 14.1. The molecular formula is C18H26IN3O5. The van der Waals surface area contributed by atoms with E-state index in [0.29, 0.717) is 19.3 Å². The second-order valence-electron chi connectivity index (χ2n) is 6.09. The van der Waals surface area contributed by atoms with Gasteiger partial charge in [0.15, 0.2) is 0 Å². The molecular weight excluding hydrogens is 461 g/mol. The molecule has 0 aliphatic heterocycles. The summed E-state index contributed by atoms with van der Waals surface area (Å²) in [5.41, 5.74) is 1.19. The van der Waals surface area contributed by atoms with Gasteiger partial charge in [0.25, 0.3) is 0 Å². The van der Waals surface area contributed by atoms with E-state index in [1.165, 1.54) is 9.13 Å². The lowest BCUT2D eigenvalue weighted by Crippen LogP contribution is -2.46. The number of halogens is 1. The van der Waals surface area contributed by atoms with Crippen molar-refractivity contribution in [2.24, 2.45) is 0 Å². The van der Waals surface area contributed by atoms with Crippen molar-refractivity contribution >= 4 is 40.6 Å². The van der Waals surface area contributed by atoms with E-state index in [2.05, 4.69) is 50.7 Å². The van der Waals surface area contributed by atoms with E-state index in [-0.39, 0.29) is 13.0 Å². The molecule has 27 heavy (non-hydrogen) atoms. The third kappa shape index (κ3) is 11.4. The normalized spacial score (nSPS) is 11.6. The summed E-state index contributed by atoms with van der Waals surface area (Å²) in [6, 6.07) is 6.67. The topological polar surface area (TPSA) is 128 Å². The summed E-state index contributed by atoms with van der Waals surface area (Å²) in [5, 5.41) is 25.9. The molecule has 8 nitrogen and oxygen atoms in total. The number of carboxylic acid groups (broad SMARTS) is 2. The lowest BCUT2D eigenvalue weighted by atomic mass is 10.1. The second-order valence-corrected chi connectivity index (χ2v) is 7.33. The van der Waals surface area contributed by atoms with Gasteiger partial charge >= 0.3 is 18.0 Å². The first kappa shape index (κ1) is 23.2. The fraction of sp³-hybridized carbons (Fsp3) is 0.500. The van der Waals surface area contributed by atoms with Gasteiger partial charge < -0.3 is 26.2 Å². The summed E-state index contributed by atoms with van der Waals surface area (Å²) in [5.74, 6) is -2.02. The standard InChI is InChI=1S/C18H26IN3O5/c19-14-8-6-13(7-9-14)12-20-10-2-1-4-15(17(25)26)22-18(27)21-11-3-5-16(23)24/h6-9,15,20H,1-5,10-12H2,(H,23,24)(H,25,26)(H2,21,22,27)/t15-/m0/s1/i19-4. The number of unbranched alkanes of at least 4 members (excludes halogenated alkanes) is 1.